The van der Waals surface area contributed by atoms with E-state index in [1.807, 2.05) is 0 Å². The van der Waals surface area contributed by atoms with E-state index < -0.39 is 6.61 Å². The predicted molar refractivity (Wildman–Crippen MR) is 76.3 cm³/mol. The molecule has 0 unspecified atom stereocenters. The van der Waals surface area contributed by atoms with Crippen molar-refractivity contribution in [1.29, 1.82) is 0 Å². The number of halogens is 2. The summed E-state index contributed by atoms with van der Waals surface area (Å²) in [6.07, 6.45) is 2.34. The molecule has 0 spiro atoms. The van der Waals surface area contributed by atoms with Crippen molar-refractivity contribution in [2.75, 3.05) is 26.7 Å². The molecule has 1 aromatic rings. The molecule has 122 valence electrons. The molecule has 1 aliphatic heterocycles. The third kappa shape index (κ3) is 4.84. The molecule has 1 aliphatic rings. The van der Waals surface area contributed by atoms with E-state index in [1.54, 1.807) is 12.1 Å². The van der Waals surface area contributed by atoms with Gasteiger partial charge in [0.1, 0.15) is 0 Å². The van der Waals surface area contributed by atoms with Gasteiger partial charge in [0.2, 0.25) is 0 Å². The van der Waals surface area contributed by atoms with Crippen molar-refractivity contribution in [3.8, 4) is 11.5 Å². The first-order valence-corrected chi connectivity index (χ1v) is 7.30. The lowest BCUT2D eigenvalue weighted by atomic mass is 10.2. The van der Waals surface area contributed by atoms with Crippen LogP contribution in [0.25, 0.3) is 0 Å². The minimum Gasteiger partial charge on any atom is -0.493 e. The van der Waals surface area contributed by atoms with Crippen LogP contribution in [0.5, 0.6) is 11.5 Å². The van der Waals surface area contributed by atoms with E-state index in [2.05, 4.69) is 10.1 Å². The Labute approximate surface area is 128 Å². The Morgan fingerprint density at radius 3 is 2.68 bits per heavy atom. The SMILES string of the molecule is COc1cc(CNC(=O)C[NH+]2CCCC2)ccc1OC(F)F. The largest absolute Gasteiger partial charge is 0.493 e. The lowest BCUT2D eigenvalue weighted by molar-refractivity contribution is -0.879. The summed E-state index contributed by atoms with van der Waals surface area (Å²) in [5, 5.41) is 2.83. The number of quaternary nitrogens is 1. The standard InChI is InChI=1S/C15H20F2N2O3/c1-21-13-8-11(4-5-12(13)22-15(16)17)9-18-14(20)10-19-6-2-3-7-19/h4-5,8,15H,2-3,6-7,9-10H2,1H3,(H,18,20)/p+1. The average Bonchev–Trinajstić information content (AvgIpc) is 2.98. The van der Waals surface area contributed by atoms with Gasteiger partial charge in [0.05, 0.1) is 20.2 Å². The number of carbonyl (C=O) groups excluding carboxylic acids is 1. The zero-order chi connectivity index (χ0) is 15.9. The van der Waals surface area contributed by atoms with E-state index in [0.29, 0.717) is 13.1 Å². The quantitative estimate of drug-likeness (QED) is 0.774. The first-order chi connectivity index (χ1) is 10.6. The fourth-order valence-corrected chi connectivity index (χ4v) is 2.56. The van der Waals surface area contributed by atoms with Crippen LogP contribution in [0.1, 0.15) is 18.4 Å². The molecule has 1 aromatic carbocycles. The van der Waals surface area contributed by atoms with Gasteiger partial charge in [0, 0.05) is 19.4 Å². The van der Waals surface area contributed by atoms with Gasteiger partial charge in [-0.3, -0.25) is 4.79 Å². The van der Waals surface area contributed by atoms with Crippen molar-refractivity contribution in [3.63, 3.8) is 0 Å². The van der Waals surface area contributed by atoms with Crippen LogP contribution in [0, 0.1) is 0 Å². The lowest BCUT2D eigenvalue weighted by Crippen LogP contribution is -3.11. The minimum absolute atomic E-state index is 0.0104. The van der Waals surface area contributed by atoms with Crippen LogP contribution in [0.15, 0.2) is 18.2 Å². The van der Waals surface area contributed by atoms with Gasteiger partial charge >= 0.3 is 6.61 Å². The summed E-state index contributed by atoms with van der Waals surface area (Å²) >= 11 is 0. The van der Waals surface area contributed by atoms with Crippen molar-refractivity contribution in [3.05, 3.63) is 23.8 Å². The number of nitrogens with one attached hydrogen (secondary N) is 2. The molecule has 2 N–H and O–H groups in total. The van der Waals surface area contributed by atoms with E-state index in [-0.39, 0.29) is 17.4 Å². The number of carbonyl (C=O) groups is 1. The summed E-state index contributed by atoms with van der Waals surface area (Å²) in [4.78, 5) is 13.2. The Kier molecular flexibility index (Phi) is 5.94. The van der Waals surface area contributed by atoms with Crippen LogP contribution in [0.4, 0.5) is 8.78 Å². The van der Waals surface area contributed by atoms with Crippen molar-refractivity contribution in [1.82, 2.24) is 5.32 Å². The first kappa shape index (κ1) is 16.5. The van der Waals surface area contributed by atoms with Crippen molar-refractivity contribution >= 4 is 5.91 Å². The molecule has 0 aromatic heterocycles. The number of alkyl halides is 2. The number of methoxy groups -OCH3 is 1. The number of ether oxygens (including phenoxy) is 2. The summed E-state index contributed by atoms with van der Waals surface area (Å²) in [5.74, 6) is 0.190. The molecule has 0 atom stereocenters. The highest BCUT2D eigenvalue weighted by molar-refractivity contribution is 5.76. The van der Waals surface area contributed by atoms with E-state index in [1.165, 1.54) is 30.9 Å². The number of hydrogen-bond acceptors (Lipinski definition) is 3. The molecule has 1 saturated heterocycles. The van der Waals surface area contributed by atoms with Crippen molar-refractivity contribution in [2.24, 2.45) is 0 Å². The summed E-state index contributed by atoms with van der Waals surface area (Å²) < 4.78 is 33.9. The van der Waals surface area contributed by atoms with Gasteiger partial charge in [-0.15, -0.1) is 0 Å². The van der Waals surface area contributed by atoms with Crippen LogP contribution >= 0.6 is 0 Å². The minimum atomic E-state index is -2.90. The normalized spacial score (nSPS) is 15.1. The average molecular weight is 315 g/mol. The number of amides is 1. The van der Waals surface area contributed by atoms with Crippen LogP contribution in [-0.4, -0.2) is 39.3 Å². The molecule has 2 rings (SSSR count). The van der Waals surface area contributed by atoms with E-state index >= 15 is 0 Å². The second kappa shape index (κ2) is 7.93. The Balaban J connectivity index is 1.87. The van der Waals surface area contributed by atoms with Crippen molar-refractivity contribution in [2.45, 2.75) is 26.0 Å². The molecular formula is C15H21F2N2O3+. The van der Waals surface area contributed by atoms with Crippen LogP contribution in [0.3, 0.4) is 0 Å². The van der Waals surface area contributed by atoms with E-state index in [4.69, 9.17) is 4.74 Å². The monoisotopic (exact) mass is 315 g/mol. The smallest absolute Gasteiger partial charge is 0.387 e. The molecule has 7 heteroatoms. The molecular weight excluding hydrogens is 294 g/mol. The molecule has 5 nitrogen and oxygen atoms in total. The highest BCUT2D eigenvalue weighted by Gasteiger charge is 2.18. The van der Waals surface area contributed by atoms with Gasteiger partial charge in [-0.1, -0.05) is 6.07 Å². The lowest BCUT2D eigenvalue weighted by Gasteiger charge is -2.13. The number of hydrogen-bond donors (Lipinski definition) is 2. The third-order valence-corrected chi connectivity index (χ3v) is 3.65. The predicted octanol–water partition coefficient (Wildman–Crippen LogP) is 0.592. The molecule has 1 heterocycles. The van der Waals surface area contributed by atoms with E-state index in [0.717, 1.165) is 18.7 Å². The van der Waals surface area contributed by atoms with Gasteiger partial charge in [0.25, 0.3) is 5.91 Å². The second-order valence-electron chi connectivity index (χ2n) is 5.27. The van der Waals surface area contributed by atoms with E-state index in [9.17, 15) is 13.6 Å². The maximum Gasteiger partial charge on any atom is 0.387 e. The van der Waals surface area contributed by atoms with Crippen LogP contribution in [-0.2, 0) is 11.3 Å². The molecule has 0 radical (unpaired) electrons. The Morgan fingerprint density at radius 1 is 1.32 bits per heavy atom. The maximum absolute atomic E-state index is 12.2. The summed E-state index contributed by atoms with van der Waals surface area (Å²) in [7, 11) is 1.38. The molecule has 0 bridgehead atoms. The van der Waals surface area contributed by atoms with Gasteiger partial charge in [0.15, 0.2) is 18.0 Å². The summed E-state index contributed by atoms with van der Waals surface area (Å²) in [6.45, 7) is -0.00828. The summed E-state index contributed by atoms with van der Waals surface area (Å²) in [6, 6.07) is 4.63. The second-order valence-corrected chi connectivity index (χ2v) is 5.27. The zero-order valence-corrected chi connectivity index (χ0v) is 12.5. The fourth-order valence-electron chi connectivity index (χ4n) is 2.56. The first-order valence-electron chi connectivity index (χ1n) is 7.30. The zero-order valence-electron chi connectivity index (χ0n) is 12.5. The number of rotatable bonds is 7. The van der Waals surface area contributed by atoms with Gasteiger partial charge in [-0.05, 0) is 17.7 Å². The van der Waals surface area contributed by atoms with Gasteiger partial charge in [-0.25, -0.2) is 0 Å². The number of likely N-dealkylation sites (tertiary alicyclic amines) is 1. The summed E-state index contributed by atoms with van der Waals surface area (Å²) in [5.41, 5.74) is 0.767. The topological polar surface area (TPSA) is 52.0 Å². The van der Waals surface area contributed by atoms with Crippen LogP contribution in [0.2, 0.25) is 0 Å². The molecule has 0 saturated carbocycles. The third-order valence-electron chi connectivity index (χ3n) is 3.65. The number of benzene rings is 1. The fraction of sp³-hybridized carbons (Fsp3) is 0.533. The highest BCUT2D eigenvalue weighted by Crippen LogP contribution is 2.29. The Morgan fingerprint density at radius 2 is 2.05 bits per heavy atom. The van der Waals surface area contributed by atoms with Crippen LogP contribution < -0.4 is 19.7 Å². The molecule has 1 amide bonds. The Hall–Kier alpha value is -1.89. The van der Waals surface area contributed by atoms with Gasteiger partial charge < -0.3 is 19.7 Å². The molecule has 1 fully saturated rings. The van der Waals surface area contributed by atoms with Crippen molar-refractivity contribution < 1.29 is 27.9 Å². The molecule has 0 aliphatic carbocycles. The van der Waals surface area contributed by atoms with Gasteiger partial charge in [-0.2, -0.15) is 8.78 Å². The highest BCUT2D eigenvalue weighted by atomic mass is 19.3. The maximum atomic E-state index is 12.2. The Bertz CT molecular complexity index is 506. The molecule has 22 heavy (non-hydrogen) atoms.